The molecule has 168 valence electrons. The Labute approximate surface area is 189 Å². The highest BCUT2D eigenvalue weighted by molar-refractivity contribution is 6.01. The average molecular weight is 434 g/mol. The second-order valence-corrected chi connectivity index (χ2v) is 9.07. The highest BCUT2D eigenvalue weighted by Gasteiger charge is 2.37. The Hall–Kier alpha value is -3.06. The van der Waals surface area contributed by atoms with Gasteiger partial charge in [-0.3, -0.25) is 4.79 Å². The van der Waals surface area contributed by atoms with Crippen LogP contribution in [0.1, 0.15) is 66.2 Å². The van der Waals surface area contributed by atoms with Crippen LogP contribution in [0.5, 0.6) is 0 Å². The zero-order valence-electron chi connectivity index (χ0n) is 19.2. The summed E-state index contributed by atoms with van der Waals surface area (Å²) in [7, 11) is 0. The largest absolute Gasteiger partial charge is 0.376 e. The van der Waals surface area contributed by atoms with Crippen LogP contribution in [-0.4, -0.2) is 44.4 Å². The molecule has 0 spiro atoms. The van der Waals surface area contributed by atoms with Gasteiger partial charge in [0.05, 0.1) is 17.9 Å². The number of aromatic nitrogens is 3. The molecule has 32 heavy (non-hydrogen) atoms. The molecule has 0 aliphatic carbocycles. The molecule has 3 aromatic rings. The molecule has 1 saturated heterocycles. The Kier molecular flexibility index (Phi) is 5.29. The van der Waals surface area contributed by atoms with Gasteiger partial charge < -0.3 is 19.5 Å². The van der Waals surface area contributed by atoms with E-state index in [1.807, 2.05) is 46.1 Å². The number of carbonyl (C=O) groups excluding carboxylic acids is 1. The number of nitrogens with one attached hydrogen (secondary N) is 1. The number of hydrogen-bond donors (Lipinski definition) is 1. The summed E-state index contributed by atoms with van der Waals surface area (Å²) in [6.45, 7) is 9.85. The van der Waals surface area contributed by atoms with E-state index in [9.17, 15) is 4.79 Å². The second-order valence-electron chi connectivity index (χ2n) is 9.07. The Balaban J connectivity index is 1.59. The van der Waals surface area contributed by atoms with Crippen molar-refractivity contribution < 1.29 is 9.53 Å². The van der Waals surface area contributed by atoms with Crippen molar-refractivity contribution in [3.8, 4) is 5.82 Å². The van der Waals surface area contributed by atoms with Gasteiger partial charge in [0.1, 0.15) is 12.0 Å². The lowest BCUT2D eigenvalue weighted by Gasteiger charge is -2.39. The zero-order chi connectivity index (χ0) is 22.4. The molecule has 1 amide bonds. The molecule has 1 N–H and O–H groups in total. The monoisotopic (exact) mass is 433 g/mol. The highest BCUT2D eigenvalue weighted by atomic mass is 16.5. The Morgan fingerprint density at radius 3 is 2.78 bits per heavy atom. The van der Waals surface area contributed by atoms with Gasteiger partial charge >= 0.3 is 0 Å². The number of hydrogen-bond acceptors (Lipinski definition) is 4. The molecule has 0 radical (unpaired) electrons. The maximum Gasteiger partial charge on any atom is 0.257 e. The number of ether oxygens (including phenoxy) is 1. The van der Waals surface area contributed by atoms with Crippen LogP contribution in [-0.2, 0) is 4.74 Å². The number of amides is 1. The van der Waals surface area contributed by atoms with E-state index in [4.69, 9.17) is 4.74 Å². The van der Waals surface area contributed by atoms with Crippen LogP contribution in [0.2, 0.25) is 0 Å². The maximum absolute atomic E-state index is 13.6. The molecule has 2 atom stereocenters. The first kappa shape index (κ1) is 20.8. The quantitative estimate of drug-likeness (QED) is 0.638. The Morgan fingerprint density at radius 2 is 2.03 bits per heavy atom. The van der Waals surface area contributed by atoms with Crippen LogP contribution >= 0.6 is 0 Å². The summed E-state index contributed by atoms with van der Waals surface area (Å²) in [5, 5.41) is 8.17. The van der Waals surface area contributed by atoms with E-state index in [2.05, 4.69) is 48.7 Å². The lowest BCUT2D eigenvalue weighted by Crippen LogP contribution is -2.46. The zero-order valence-corrected chi connectivity index (χ0v) is 19.2. The second kappa shape index (κ2) is 8.13. The van der Waals surface area contributed by atoms with Gasteiger partial charge in [-0.15, -0.1) is 0 Å². The van der Waals surface area contributed by atoms with Crippen molar-refractivity contribution in [2.75, 3.05) is 18.5 Å². The minimum absolute atomic E-state index is 0.0527. The Bertz CT molecular complexity index is 1140. The number of nitrogens with zero attached hydrogens (tertiary/aromatic N) is 4. The van der Waals surface area contributed by atoms with Gasteiger partial charge in [0.25, 0.3) is 5.91 Å². The molecule has 2 aliphatic heterocycles. The minimum Gasteiger partial charge on any atom is -0.376 e. The van der Waals surface area contributed by atoms with E-state index in [-0.39, 0.29) is 24.2 Å². The van der Waals surface area contributed by atoms with Crippen LogP contribution in [0.3, 0.4) is 0 Å². The van der Waals surface area contributed by atoms with E-state index < -0.39 is 0 Å². The van der Waals surface area contributed by atoms with E-state index in [0.29, 0.717) is 12.1 Å². The van der Waals surface area contributed by atoms with Crippen molar-refractivity contribution in [3.63, 3.8) is 0 Å². The fraction of sp³-hybridized carbons (Fsp3) is 0.440. The molecular weight excluding hydrogens is 402 g/mol. The molecule has 4 heterocycles. The third kappa shape index (κ3) is 3.41. The molecule has 0 saturated carbocycles. The molecule has 7 heteroatoms. The molecule has 2 aliphatic rings. The summed E-state index contributed by atoms with van der Waals surface area (Å²) in [6, 6.07) is 12.3. The van der Waals surface area contributed by atoms with Crippen LogP contribution in [0.15, 0.2) is 42.6 Å². The number of carbonyl (C=O) groups is 1. The third-order valence-electron chi connectivity index (χ3n) is 6.58. The molecule has 1 aromatic carbocycles. The number of benzene rings is 1. The van der Waals surface area contributed by atoms with Gasteiger partial charge in [-0.05, 0) is 58.7 Å². The summed E-state index contributed by atoms with van der Waals surface area (Å²) in [5.41, 5.74) is 4.91. The van der Waals surface area contributed by atoms with Crippen molar-refractivity contribution in [1.29, 1.82) is 0 Å². The third-order valence-corrected chi connectivity index (χ3v) is 6.58. The van der Waals surface area contributed by atoms with Crippen molar-refractivity contribution in [3.05, 3.63) is 65.1 Å². The SMILES string of the molecule is Cc1cc(C2Nc3ccccc3C(=O)N2CC2CCCO2)c(C)n1-c1ccnn1C(C)C. The van der Waals surface area contributed by atoms with Crippen LogP contribution in [0.4, 0.5) is 5.69 Å². The highest BCUT2D eigenvalue weighted by Crippen LogP contribution is 2.37. The van der Waals surface area contributed by atoms with Crippen LogP contribution in [0, 0.1) is 13.8 Å². The smallest absolute Gasteiger partial charge is 0.257 e. The van der Waals surface area contributed by atoms with Crippen molar-refractivity contribution in [2.45, 2.75) is 58.8 Å². The average Bonchev–Trinajstić information content (AvgIpc) is 3.51. The van der Waals surface area contributed by atoms with Gasteiger partial charge in [-0.25, -0.2) is 4.68 Å². The van der Waals surface area contributed by atoms with Gasteiger partial charge in [0, 0.05) is 47.9 Å². The molecule has 5 rings (SSSR count). The first-order valence-electron chi connectivity index (χ1n) is 11.5. The van der Waals surface area contributed by atoms with Gasteiger partial charge in [0.15, 0.2) is 0 Å². The maximum atomic E-state index is 13.6. The molecule has 7 nitrogen and oxygen atoms in total. The van der Waals surface area contributed by atoms with Crippen molar-refractivity contribution >= 4 is 11.6 Å². The predicted molar refractivity (Wildman–Crippen MR) is 124 cm³/mol. The first-order valence-corrected chi connectivity index (χ1v) is 11.5. The molecule has 2 unspecified atom stereocenters. The molecular formula is C25H31N5O2. The van der Waals surface area contributed by atoms with E-state index in [0.717, 1.165) is 47.9 Å². The summed E-state index contributed by atoms with van der Waals surface area (Å²) in [6.07, 6.45) is 3.71. The summed E-state index contributed by atoms with van der Waals surface area (Å²) in [5.74, 6) is 1.09. The number of fused-ring (bicyclic) bond motifs is 1. The van der Waals surface area contributed by atoms with E-state index in [1.54, 1.807) is 0 Å². The Morgan fingerprint density at radius 1 is 1.22 bits per heavy atom. The fourth-order valence-electron chi connectivity index (χ4n) is 5.03. The van der Waals surface area contributed by atoms with E-state index in [1.165, 1.54) is 0 Å². The lowest BCUT2D eigenvalue weighted by molar-refractivity contribution is 0.0426. The first-order chi connectivity index (χ1) is 15.5. The summed E-state index contributed by atoms with van der Waals surface area (Å²) >= 11 is 0. The summed E-state index contributed by atoms with van der Waals surface area (Å²) in [4.78, 5) is 15.5. The summed E-state index contributed by atoms with van der Waals surface area (Å²) < 4.78 is 10.2. The number of rotatable bonds is 5. The van der Waals surface area contributed by atoms with Gasteiger partial charge in [-0.1, -0.05) is 12.1 Å². The number of aryl methyl sites for hydroxylation is 1. The van der Waals surface area contributed by atoms with Crippen LogP contribution < -0.4 is 5.32 Å². The topological polar surface area (TPSA) is 64.3 Å². The van der Waals surface area contributed by atoms with Crippen LogP contribution in [0.25, 0.3) is 5.82 Å². The van der Waals surface area contributed by atoms with Crippen molar-refractivity contribution in [2.24, 2.45) is 0 Å². The number of anilines is 1. The molecule has 1 fully saturated rings. The predicted octanol–water partition coefficient (Wildman–Crippen LogP) is 4.62. The lowest BCUT2D eigenvalue weighted by atomic mass is 10.0. The van der Waals surface area contributed by atoms with Gasteiger partial charge in [0.2, 0.25) is 0 Å². The molecule has 0 bridgehead atoms. The van der Waals surface area contributed by atoms with Gasteiger partial charge in [-0.2, -0.15) is 5.10 Å². The van der Waals surface area contributed by atoms with Crippen molar-refractivity contribution in [1.82, 2.24) is 19.2 Å². The fourth-order valence-corrected chi connectivity index (χ4v) is 5.03. The normalized spacial score (nSPS) is 20.7. The minimum atomic E-state index is -0.253. The van der Waals surface area contributed by atoms with E-state index >= 15 is 0 Å². The standard InChI is InChI=1S/C25H31N5O2/c1-16(2)30-23(11-12-26-30)29-17(3)14-21(18(29)4)24-27-22-10-6-5-9-20(22)25(31)28(24)15-19-8-7-13-32-19/h5-6,9-12,14,16,19,24,27H,7-8,13,15H2,1-4H3. The molecule has 2 aromatic heterocycles. The number of para-hydroxylation sites is 1.